The van der Waals surface area contributed by atoms with E-state index >= 15 is 0 Å². The van der Waals surface area contributed by atoms with Gasteiger partial charge in [-0.3, -0.25) is 11.3 Å². The third kappa shape index (κ3) is 3.58. The first-order valence-corrected chi connectivity index (χ1v) is 7.34. The SMILES string of the molecule is Cc1cc(C(Cc2ccc(F)cc2Br)NN)ccc1Cl. The fourth-order valence-corrected chi connectivity index (χ4v) is 2.70. The van der Waals surface area contributed by atoms with Crippen LogP contribution in [0.2, 0.25) is 5.02 Å². The molecule has 0 saturated carbocycles. The second-order valence-corrected chi connectivity index (χ2v) is 5.93. The molecule has 0 heterocycles. The number of halogens is 3. The molecule has 1 atom stereocenters. The van der Waals surface area contributed by atoms with Gasteiger partial charge in [-0.05, 0) is 48.2 Å². The number of nitrogens with two attached hydrogens (primary N) is 1. The minimum absolute atomic E-state index is 0.0623. The van der Waals surface area contributed by atoms with E-state index in [4.69, 9.17) is 17.4 Å². The number of nitrogens with one attached hydrogen (secondary N) is 1. The summed E-state index contributed by atoms with van der Waals surface area (Å²) < 4.78 is 13.8. The zero-order chi connectivity index (χ0) is 14.7. The maximum atomic E-state index is 13.1. The summed E-state index contributed by atoms with van der Waals surface area (Å²) in [5.41, 5.74) is 5.83. The minimum Gasteiger partial charge on any atom is -0.271 e. The molecule has 0 radical (unpaired) electrons. The molecular formula is C15H15BrClFN2. The Labute approximate surface area is 131 Å². The van der Waals surface area contributed by atoms with E-state index in [1.165, 1.54) is 12.1 Å². The van der Waals surface area contributed by atoms with Gasteiger partial charge in [0, 0.05) is 9.50 Å². The lowest BCUT2D eigenvalue weighted by molar-refractivity contribution is 0.549. The van der Waals surface area contributed by atoms with E-state index in [1.807, 2.05) is 25.1 Å². The van der Waals surface area contributed by atoms with Gasteiger partial charge in [0.2, 0.25) is 0 Å². The Bertz CT molecular complexity index is 619. The van der Waals surface area contributed by atoms with Crippen molar-refractivity contribution >= 4 is 27.5 Å². The van der Waals surface area contributed by atoms with Crippen molar-refractivity contribution in [3.8, 4) is 0 Å². The number of hydrazine groups is 1. The quantitative estimate of drug-likeness (QED) is 0.632. The molecule has 2 aromatic rings. The van der Waals surface area contributed by atoms with Crippen LogP contribution in [0.5, 0.6) is 0 Å². The average Bonchev–Trinajstić information content (AvgIpc) is 2.41. The van der Waals surface area contributed by atoms with Gasteiger partial charge in [-0.15, -0.1) is 0 Å². The Morgan fingerprint density at radius 3 is 2.65 bits per heavy atom. The highest BCUT2D eigenvalue weighted by Gasteiger charge is 2.13. The highest BCUT2D eigenvalue weighted by atomic mass is 79.9. The monoisotopic (exact) mass is 356 g/mol. The molecule has 0 amide bonds. The Kier molecular flexibility index (Phi) is 5.16. The van der Waals surface area contributed by atoms with Gasteiger partial charge in [0.1, 0.15) is 5.82 Å². The maximum Gasteiger partial charge on any atom is 0.124 e. The van der Waals surface area contributed by atoms with Crippen molar-refractivity contribution in [3.63, 3.8) is 0 Å². The van der Waals surface area contributed by atoms with Crippen LogP contribution in [0.25, 0.3) is 0 Å². The lowest BCUT2D eigenvalue weighted by Crippen LogP contribution is -2.29. The number of hydrogen-bond donors (Lipinski definition) is 2. The number of benzene rings is 2. The number of hydrogen-bond acceptors (Lipinski definition) is 2. The van der Waals surface area contributed by atoms with Crippen molar-refractivity contribution in [3.05, 3.63) is 68.4 Å². The normalized spacial score (nSPS) is 12.4. The molecule has 0 aromatic heterocycles. The standard InChI is InChI=1S/C15H15BrClFN2/c1-9-6-11(3-5-14(9)17)15(20-19)7-10-2-4-12(18)8-13(10)16/h2-6,8,15,20H,7,19H2,1H3. The third-order valence-corrected chi connectivity index (χ3v) is 4.39. The van der Waals surface area contributed by atoms with E-state index in [1.54, 1.807) is 6.07 Å². The lowest BCUT2D eigenvalue weighted by atomic mass is 9.98. The van der Waals surface area contributed by atoms with Gasteiger partial charge in [0.15, 0.2) is 0 Å². The Morgan fingerprint density at radius 2 is 2.05 bits per heavy atom. The van der Waals surface area contributed by atoms with Crippen molar-refractivity contribution in [2.75, 3.05) is 0 Å². The first-order chi connectivity index (χ1) is 9.51. The van der Waals surface area contributed by atoms with E-state index < -0.39 is 0 Å². The largest absolute Gasteiger partial charge is 0.271 e. The first kappa shape index (κ1) is 15.4. The van der Waals surface area contributed by atoms with E-state index in [0.29, 0.717) is 6.42 Å². The molecule has 0 fully saturated rings. The van der Waals surface area contributed by atoms with Gasteiger partial charge in [-0.25, -0.2) is 4.39 Å². The van der Waals surface area contributed by atoms with Crippen LogP contribution in [0.4, 0.5) is 4.39 Å². The summed E-state index contributed by atoms with van der Waals surface area (Å²) in [5, 5.41) is 0.729. The van der Waals surface area contributed by atoms with Crippen LogP contribution >= 0.6 is 27.5 Å². The van der Waals surface area contributed by atoms with Crippen molar-refractivity contribution in [1.82, 2.24) is 5.43 Å². The third-order valence-electron chi connectivity index (χ3n) is 3.22. The van der Waals surface area contributed by atoms with Crippen LogP contribution in [0.1, 0.15) is 22.7 Å². The molecule has 1 unspecified atom stereocenters. The summed E-state index contributed by atoms with van der Waals surface area (Å²) in [6.45, 7) is 1.95. The zero-order valence-corrected chi connectivity index (χ0v) is 13.3. The van der Waals surface area contributed by atoms with Crippen molar-refractivity contribution in [1.29, 1.82) is 0 Å². The van der Waals surface area contributed by atoms with Gasteiger partial charge >= 0.3 is 0 Å². The molecule has 2 aromatic carbocycles. The van der Waals surface area contributed by atoms with Crippen molar-refractivity contribution in [2.45, 2.75) is 19.4 Å². The van der Waals surface area contributed by atoms with Gasteiger partial charge in [0.05, 0.1) is 6.04 Å². The smallest absolute Gasteiger partial charge is 0.124 e. The Morgan fingerprint density at radius 1 is 1.30 bits per heavy atom. The molecule has 2 nitrogen and oxygen atoms in total. The average molecular weight is 358 g/mol. The molecule has 0 spiro atoms. The zero-order valence-electron chi connectivity index (χ0n) is 11.0. The van der Waals surface area contributed by atoms with Crippen LogP contribution in [-0.4, -0.2) is 0 Å². The summed E-state index contributed by atoms with van der Waals surface area (Å²) >= 11 is 9.40. The predicted octanol–water partition coefficient (Wildman–Crippen LogP) is 4.30. The molecule has 20 heavy (non-hydrogen) atoms. The summed E-state index contributed by atoms with van der Waals surface area (Å²) in [4.78, 5) is 0. The fourth-order valence-electron chi connectivity index (χ4n) is 2.06. The second kappa shape index (κ2) is 6.68. The molecule has 0 aliphatic heterocycles. The molecule has 3 N–H and O–H groups in total. The highest BCUT2D eigenvalue weighted by molar-refractivity contribution is 9.10. The van der Waals surface area contributed by atoms with E-state index in [2.05, 4.69) is 21.4 Å². The van der Waals surface area contributed by atoms with Crippen LogP contribution < -0.4 is 11.3 Å². The Balaban J connectivity index is 2.26. The Hall–Kier alpha value is -0.940. The molecule has 0 saturated heterocycles. The van der Waals surface area contributed by atoms with Crippen LogP contribution in [0.15, 0.2) is 40.9 Å². The molecule has 5 heteroatoms. The van der Waals surface area contributed by atoms with Crippen LogP contribution in [-0.2, 0) is 6.42 Å². The topological polar surface area (TPSA) is 38.0 Å². The van der Waals surface area contributed by atoms with E-state index in [9.17, 15) is 4.39 Å². The summed E-state index contributed by atoms with van der Waals surface area (Å²) in [6.07, 6.45) is 0.651. The molecule has 0 aliphatic carbocycles. The fraction of sp³-hybridized carbons (Fsp3) is 0.200. The van der Waals surface area contributed by atoms with Gasteiger partial charge < -0.3 is 0 Å². The van der Waals surface area contributed by atoms with E-state index in [0.717, 1.165) is 26.2 Å². The van der Waals surface area contributed by atoms with Crippen molar-refractivity contribution < 1.29 is 4.39 Å². The molecule has 0 bridgehead atoms. The number of rotatable bonds is 4. The first-order valence-electron chi connectivity index (χ1n) is 6.17. The molecule has 0 aliphatic rings. The maximum absolute atomic E-state index is 13.1. The molecule has 2 rings (SSSR count). The predicted molar refractivity (Wildman–Crippen MR) is 84.1 cm³/mol. The molecule has 106 valence electrons. The van der Waals surface area contributed by atoms with Crippen molar-refractivity contribution in [2.24, 2.45) is 5.84 Å². The summed E-state index contributed by atoms with van der Waals surface area (Å²) in [6, 6.07) is 10.4. The molecular weight excluding hydrogens is 343 g/mol. The van der Waals surface area contributed by atoms with Gasteiger partial charge in [-0.1, -0.05) is 45.7 Å². The van der Waals surface area contributed by atoms with Crippen LogP contribution in [0, 0.1) is 12.7 Å². The second-order valence-electron chi connectivity index (χ2n) is 4.67. The summed E-state index contributed by atoms with van der Waals surface area (Å²) in [5.74, 6) is 5.38. The van der Waals surface area contributed by atoms with Gasteiger partial charge in [-0.2, -0.15) is 0 Å². The number of aryl methyl sites for hydroxylation is 1. The summed E-state index contributed by atoms with van der Waals surface area (Å²) in [7, 11) is 0. The van der Waals surface area contributed by atoms with Crippen LogP contribution in [0.3, 0.4) is 0 Å². The lowest BCUT2D eigenvalue weighted by Gasteiger charge is -2.18. The van der Waals surface area contributed by atoms with Gasteiger partial charge in [0.25, 0.3) is 0 Å². The van der Waals surface area contributed by atoms with E-state index in [-0.39, 0.29) is 11.9 Å². The minimum atomic E-state index is -0.264. The highest BCUT2D eigenvalue weighted by Crippen LogP contribution is 2.26.